The highest BCUT2D eigenvalue weighted by Gasteiger charge is 2.17. The van der Waals surface area contributed by atoms with Gasteiger partial charge in [-0.15, -0.1) is 0 Å². The number of rotatable bonds is 7. The van der Waals surface area contributed by atoms with Crippen LogP contribution in [0.25, 0.3) is 0 Å². The van der Waals surface area contributed by atoms with Gasteiger partial charge in [-0.05, 0) is 44.0 Å². The van der Waals surface area contributed by atoms with Crippen molar-refractivity contribution < 1.29 is 9.53 Å². The van der Waals surface area contributed by atoms with E-state index in [9.17, 15) is 4.79 Å². The third-order valence-corrected chi connectivity index (χ3v) is 3.98. The van der Waals surface area contributed by atoms with Crippen molar-refractivity contribution >= 4 is 5.91 Å². The first kappa shape index (κ1) is 17.0. The van der Waals surface area contributed by atoms with Crippen LogP contribution in [-0.4, -0.2) is 29.4 Å². The van der Waals surface area contributed by atoms with E-state index in [2.05, 4.69) is 4.98 Å². The van der Waals surface area contributed by atoms with Crippen LogP contribution in [0.4, 0.5) is 0 Å². The molecule has 0 radical (unpaired) electrons. The predicted molar refractivity (Wildman–Crippen MR) is 91.3 cm³/mol. The van der Waals surface area contributed by atoms with Crippen LogP contribution in [0, 0.1) is 6.92 Å². The summed E-state index contributed by atoms with van der Waals surface area (Å²) in [5, 5.41) is 0. The molecule has 1 heterocycles. The number of carbonyl (C=O) groups excluding carboxylic acids is 1. The highest BCUT2D eigenvalue weighted by Crippen LogP contribution is 2.18. The van der Waals surface area contributed by atoms with E-state index in [1.807, 2.05) is 63.4 Å². The van der Waals surface area contributed by atoms with E-state index in [0.29, 0.717) is 19.4 Å². The Kier molecular flexibility index (Phi) is 6.15. The van der Waals surface area contributed by atoms with Gasteiger partial charge >= 0.3 is 0 Å². The summed E-state index contributed by atoms with van der Waals surface area (Å²) in [4.78, 5) is 18.3. The fraction of sp³-hybridized carbons (Fsp3) is 0.368. The lowest BCUT2D eigenvalue weighted by Gasteiger charge is -2.24. The molecule has 0 aliphatic rings. The molecule has 2 aromatic rings. The lowest BCUT2D eigenvalue weighted by atomic mass is 10.1. The van der Waals surface area contributed by atoms with E-state index in [4.69, 9.17) is 4.74 Å². The van der Waals surface area contributed by atoms with Crippen LogP contribution in [0.1, 0.15) is 37.1 Å². The summed E-state index contributed by atoms with van der Waals surface area (Å²) in [6, 6.07) is 13.6. The third kappa shape index (κ3) is 4.81. The Morgan fingerprint density at radius 2 is 1.96 bits per heavy atom. The molecule has 4 nitrogen and oxygen atoms in total. The monoisotopic (exact) mass is 312 g/mol. The molecule has 122 valence electrons. The molecular formula is C19H24N2O2. The van der Waals surface area contributed by atoms with Crippen LogP contribution >= 0.6 is 0 Å². The van der Waals surface area contributed by atoms with Gasteiger partial charge in [0, 0.05) is 19.7 Å². The fourth-order valence-corrected chi connectivity index (χ4v) is 2.34. The lowest BCUT2D eigenvalue weighted by molar-refractivity contribution is -0.132. The molecule has 0 aliphatic heterocycles. The van der Waals surface area contributed by atoms with Gasteiger partial charge < -0.3 is 9.64 Å². The average Bonchev–Trinajstić information content (AvgIpc) is 2.59. The number of para-hydroxylation sites is 1. The first-order valence-electron chi connectivity index (χ1n) is 7.94. The molecule has 0 aliphatic carbocycles. The van der Waals surface area contributed by atoms with Crippen LogP contribution in [0.15, 0.2) is 48.7 Å². The summed E-state index contributed by atoms with van der Waals surface area (Å²) < 4.78 is 5.73. The number of benzene rings is 1. The molecule has 1 atom stereocenters. The molecule has 0 bridgehead atoms. The number of carbonyl (C=O) groups is 1. The molecule has 1 aromatic heterocycles. The summed E-state index contributed by atoms with van der Waals surface area (Å²) >= 11 is 0. The number of ether oxygens (including phenoxy) is 1. The van der Waals surface area contributed by atoms with E-state index >= 15 is 0 Å². The van der Waals surface area contributed by atoms with E-state index in [1.54, 1.807) is 11.1 Å². The standard InChI is InChI=1S/C19H24N2O2/c1-15-9-4-5-11-18(15)23-14-8-12-19(22)21(3)16(2)17-10-6-7-13-20-17/h4-7,9-11,13,16H,8,12,14H2,1-3H3. The number of nitrogens with zero attached hydrogens (tertiary/aromatic N) is 2. The Labute approximate surface area is 138 Å². The van der Waals surface area contributed by atoms with Gasteiger partial charge in [-0.3, -0.25) is 9.78 Å². The number of pyridine rings is 1. The Balaban J connectivity index is 1.77. The van der Waals surface area contributed by atoms with Gasteiger partial charge in [-0.1, -0.05) is 24.3 Å². The first-order chi connectivity index (χ1) is 11.1. The molecule has 1 unspecified atom stereocenters. The minimum Gasteiger partial charge on any atom is -0.493 e. The summed E-state index contributed by atoms with van der Waals surface area (Å²) in [5.41, 5.74) is 2.01. The summed E-state index contributed by atoms with van der Waals surface area (Å²) in [7, 11) is 1.82. The first-order valence-corrected chi connectivity index (χ1v) is 7.94. The number of aromatic nitrogens is 1. The summed E-state index contributed by atoms with van der Waals surface area (Å²) in [5.74, 6) is 0.992. The molecule has 0 saturated heterocycles. The van der Waals surface area contributed by atoms with Gasteiger partial charge in [0.1, 0.15) is 5.75 Å². The van der Waals surface area contributed by atoms with Crippen molar-refractivity contribution in [3.8, 4) is 5.75 Å². The van der Waals surface area contributed by atoms with E-state index in [0.717, 1.165) is 17.0 Å². The number of hydrogen-bond acceptors (Lipinski definition) is 3. The molecule has 2 rings (SSSR count). The minimum absolute atomic E-state index is 0.0269. The van der Waals surface area contributed by atoms with Crippen molar-refractivity contribution in [1.29, 1.82) is 0 Å². The molecule has 0 saturated carbocycles. The topological polar surface area (TPSA) is 42.4 Å². The fourth-order valence-electron chi connectivity index (χ4n) is 2.34. The van der Waals surface area contributed by atoms with Crippen molar-refractivity contribution in [2.24, 2.45) is 0 Å². The van der Waals surface area contributed by atoms with Gasteiger partial charge in [-0.2, -0.15) is 0 Å². The van der Waals surface area contributed by atoms with Crippen LogP contribution in [0.2, 0.25) is 0 Å². The molecule has 23 heavy (non-hydrogen) atoms. The van der Waals surface area contributed by atoms with Gasteiger partial charge in [0.15, 0.2) is 0 Å². The Morgan fingerprint density at radius 3 is 2.65 bits per heavy atom. The van der Waals surface area contributed by atoms with E-state index in [1.165, 1.54) is 0 Å². The van der Waals surface area contributed by atoms with Gasteiger partial charge in [0.25, 0.3) is 0 Å². The predicted octanol–water partition coefficient (Wildman–Crippen LogP) is 3.77. The van der Waals surface area contributed by atoms with Crippen LogP contribution in [0.5, 0.6) is 5.75 Å². The van der Waals surface area contributed by atoms with Crippen LogP contribution in [-0.2, 0) is 4.79 Å². The van der Waals surface area contributed by atoms with Crippen molar-refractivity contribution in [2.45, 2.75) is 32.7 Å². The molecule has 0 N–H and O–H groups in total. The quantitative estimate of drug-likeness (QED) is 0.731. The number of aryl methyl sites for hydroxylation is 1. The summed E-state index contributed by atoms with van der Waals surface area (Å²) in [6.07, 6.45) is 2.92. The third-order valence-electron chi connectivity index (χ3n) is 3.98. The highest BCUT2D eigenvalue weighted by atomic mass is 16.5. The zero-order valence-corrected chi connectivity index (χ0v) is 14.0. The van der Waals surface area contributed by atoms with Crippen molar-refractivity contribution in [1.82, 2.24) is 9.88 Å². The average molecular weight is 312 g/mol. The van der Waals surface area contributed by atoms with Gasteiger partial charge in [-0.25, -0.2) is 0 Å². The van der Waals surface area contributed by atoms with Crippen LogP contribution < -0.4 is 4.74 Å². The number of amides is 1. The second-order valence-electron chi connectivity index (χ2n) is 5.65. The molecule has 0 fully saturated rings. The highest BCUT2D eigenvalue weighted by molar-refractivity contribution is 5.76. The Morgan fingerprint density at radius 1 is 1.22 bits per heavy atom. The maximum atomic E-state index is 12.3. The molecule has 4 heteroatoms. The Bertz CT molecular complexity index is 628. The lowest BCUT2D eigenvalue weighted by Crippen LogP contribution is -2.30. The van der Waals surface area contributed by atoms with Gasteiger partial charge in [0.2, 0.25) is 5.91 Å². The van der Waals surface area contributed by atoms with Crippen LogP contribution in [0.3, 0.4) is 0 Å². The maximum Gasteiger partial charge on any atom is 0.222 e. The molecule has 0 spiro atoms. The van der Waals surface area contributed by atoms with Gasteiger partial charge in [0.05, 0.1) is 18.3 Å². The second kappa shape index (κ2) is 8.32. The summed E-state index contributed by atoms with van der Waals surface area (Å²) in [6.45, 7) is 4.55. The molecule has 1 aromatic carbocycles. The normalized spacial score (nSPS) is 11.8. The SMILES string of the molecule is Cc1ccccc1OCCCC(=O)N(C)C(C)c1ccccn1. The molecule has 1 amide bonds. The van der Waals surface area contributed by atoms with Crippen molar-refractivity contribution in [3.63, 3.8) is 0 Å². The molecular weight excluding hydrogens is 288 g/mol. The zero-order chi connectivity index (χ0) is 16.7. The minimum atomic E-state index is -0.0269. The van der Waals surface area contributed by atoms with Crippen molar-refractivity contribution in [3.05, 3.63) is 59.9 Å². The second-order valence-corrected chi connectivity index (χ2v) is 5.65. The smallest absolute Gasteiger partial charge is 0.222 e. The van der Waals surface area contributed by atoms with E-state index in [-0.39, 0.29) is 11.9 Å². The van der Waals surface area contributed by atoms with Crippen molar-refractivity contribution in [2.75, 3.05) is 13.7 Å². The largest absolute Gasteiger partial charge is 0.493 e. The Hall–Kier alpha value is -2.36. The number of hydrogen-bond donors (Lipinski definition) is 0. The van der Waals surface area contributed by atoms with E-state index < -0.39 is 0 Å². The maximum absolute atomic E-state index is 12.3. The zero-order valence-electron chi connectivity index (χ0n) is 14.0.